The molecule has 3 aromatic heterocycles. The summed E-state index contributed by atoms with van der Waals surface area (Å²) >= 11 is 1.57. The van der Waals surface area contributed by atoms with Gasteiger partial charge in [-0.05, 0) is 30.5 Å². The first-order chi connectivity index (χ1) is 11.7. The number of benzene rings is 1. The van der Waals surface area contributed by atoms with E-state index in [9.17, 15) is 4.79 Å². The molecule has 122 valence electrons. The molecule has 4 aromatic rings. The normalized spacial score (nSPS) is 11.4. The maximum absolute atomic E-state index is 12.1. The fraction of sp³-hybridized carbons (Fsp3) is 0.222. The van der Waals surface area contributed by atoms with Gasteiger partial charge < -0.3 is 10.3 Å². The van der Waals surface area contributed by atoms with Gasteiger partial charge in [-0.1, -0.05) is 12.1 Å². The number of aryl methyl sites for hydroxylation is 1. The van der Waals surface area contributed by atoms with Gasteiger partial charge in [-0.2, -0.15) is 0 Å². The molecule has 2 N–H and O–H groups in total. The number of nitrogens with zero attached hydrogens (tertiary/aromatic N) is 2. The number of nitrogens with one attached hydrogen (secondary N) is 2. The number of imidazole rings is 1. The summed E-state index contributed by atoms with van der Waals surface area (Å²) in [5.74, 6) is 0.0106. The van der Waals surface area contributed by atoms with Crippen LogP contribution in [0.2, 0.25) is 0 Å². The van der Waals surface area contributed by atoms with Crippen molar-refractivity contribution in [1.29, 1.82) is 0 Å². The number of carbonyl (C=O) groups excluding carboxylic acids is 1. The average molecular weight is 338 g/mol. The van der Waals surface area contributed by atoms with E-state index in [0.717, 1.165) is 22.6 Å². The lowest BCUT2D eigenvalue weighted by atomic mass is 10.1. The van der Waals surface area contributed by atoms with Crippen LogP contribution in [0.3, 0.4) is 0 Å². The van der Waals surface area contributed by atoms with Gasteiger partial charge in [0, 0.05) is 41.4 Å². The lowest BCUT2D eigenvalue weighted by Gasteiger charge is -2.04. The van der Waals surface area contributed by atoms with E-state index >= 15 is 0 Å². The summed E-state index contributed by atoms with van der Waals surface area (Å²) in [6, 6.07) is 6.39. The molecule has 24 heavy (non-hydrogen) atoms. The zero-order chi connectivity index (χ0) is 16.5. The van der Waals surface area contributed by atoms with Gasteiger partial charge in [-0.3, -0.25) is 9.20 Å². The lowest BCUT2D eigenvalue weighted by Crippen LogP contribution is -2.27. The highest BCUT2D eigenvalue weighted by atomic mass is 32.1. The number of H-pyrrole nitrogens is 1. The zero-order valence-corrected chi connectivity index (χ0v) is 14.2. The Hall–Kier alpha value is -2.60. The summed E-state index contributed by atoms with van der Waals surface area (Å²) in [6.07, 6.45) is 7.02. The molecule has 5 nitrogen and oxygen atoms in total. The van der Waals surface area contributed by atoms with Gasteiger partial charge in [0.05, 0.1) is 12.1 Å². The number of amides is 1. The summed E-state index contributed by atoms with van der Waals surface area (Å²) in [6.45, 7) is 2.71. The predicted octanol–water partition coefficient (Wildman–Crippen LogP) is 3.09. The fourth-order valence-corrected chi connectivity index (χ4v) is 3.65. The third-order valence-electron chi connectivity index (χ3n) is 4.12. The first kappa shape index (κ1) is 15.0. The van der Waals surface area contributed by atoms with Crippen molar-refractivity contribution in [3.05, 3.63) is 59.0 Å². The second kappa shape index (κ2) is 6.13. The topological polar surface area (TPSA) is 62.2 Å². The third-order valence-corrected chi connectivity index (χ3v) is 4.89. The Bertz CT molecular complexity index is 982. The molecule has 1 amide bonds. The number of fused-ring (bicyclic) bond motifs is 2. The van der Waals surface area contributed by atoms with Gasteiger partial charge in [0.2, 0.25) is 5.91 Å². The van der Waals surface area contributed by atoms with Crippen LogP contribution >= 0.6 is 11.3 Å². The van der Waals surface area contributed by atoms with E-state index in [2.05, 4.69) is 40.4 Å². The molecule has 6 heteroatoms. The largest absolute Gasteiger partial charge is 0.361 e. The van der Waals surface area contributed by atoms with Gasteiger partial charge in [-0.15, -0.1) is 11.3 Å². The van der Waals surface area contributed by atoms with Crippen molar-refractivity contribution in [2.24, 2.45) is 0 Å². The summed E-state index contributed by atoms with van der Waals surface area (Å²) in [5.41, 5.74) is 4.42. The minimum atomic E-state index is 0.0106. The highest BCUT2D eigenvalue weighted by molar-refractivity contribution is 7.15. The van der Waals surface area contributed by atoms with E-state index in [0.29, 0.717) is 13.0 Å². The smallest absolute Gasteiger partial charge is 0.226 e. The Labute approximate surface area is 143 Å². The Kier molecular flexibility index (Phi) is 3.82. The zero-order valence-electron chi connectivity index (χ0n) is 13.4. The van der Waals surface area contributed by atoms with Crippen LogP contribution in [0.25, 0.3) is 15.9 Å². The Morgan fingerprint density at radius 2 is 2.33 bits per heavy atom. The van der Waals surface area contributed by atoms with E-state index in [1.807, 2.05) is 28.4 Å². The van der Waals surface area contributed by atoms with Crippen LogP contribution in [0.5, 0.6) is 0 Å². The number of hydrogen-bond donors (Lipinski definition) is 2. The number of rotatable bonds is 5. The maximum atomic E-state index is 12.1. The second-order valence-electron chi connectivity index (χ2n) is 5.96. The Balaban J connectivity index is 1.34. The minimum absolute atomic E-state index is 0.0106. The quantitative estimate of drug-likeness (QED) is 0.587. The monoisotopic (exact) mass is 338 g/mol. The van der Waals surface area contributed by atoms with E-state index in [1.54, 1.807) is 11.3 Å². The summed E-state index contributed by atoms with van der Waals surface area (Å²) in [4.78, 5) is 20.7. The van der Waals surface area contributed by atoms with Gasteiger partial charge in [0.1, 0.15) is 0 Å². The molecule has 0 aliphatic carbocycles. The molecular weight excluding hydrogens is 320 g/mol. The van der Waals surface area contributed by atoms with Crippen LogP contribution in [0.4, 0.5) is 0 Å². The molecule has 0 aliphatic heterocycles. The molecule has 0 aliphatic rings. The van der Waals surface area contributed by atoms with E-state index in [1.165, 1.54) is 16.5 Å². The SMILES string of the molecule is Cc1ccc2c(CCNC(=O)Cc3cn4ccsc4n3)c[nH]c2c1. The third kappa shape index (κ3) is 2.92. The molecule has 3 heterocycles. The molecule has 0 radical (unpaired) electrons. The molecule has 1 aromatic carbocycles. The molecular formula is C18H18N4OS. The van der Waals surface area contributed by atoms with E-state index in [4.69, 9.17) is 0 Å². The molecule has 0 saturated carbocycles. The molecule has 0 spiro atoms. The highest BCUT2D eigenvalue weighted by Crippen LogP contribution is 2.19. The van der Waals surface area contributed by atoms with Crippen LogP contribution in [0, 0.1) is 6.92 Å². The van der Waals surface area contributed by atoms with Crippen molar-refractivity contribution in [2.45, 2.75) is 19.8 Å². The van der Waals surface area contributed by atoms with Crippen LogP contribution < -0.4 is 5.32 Å². The highest BCUT2D eigenvalue weighted by Gasteiger charge is 2.09. The van der Waals surface area contributed by atoms with Gasteiger partial charge in [0.15, 0.2) is 4.96 Å². The first-order valence-corrected chi connectivity index (χ1v) is 8.81. The molecule has 0 saturated heterocycles. The first-order valence-electron chi connectivity index (χ1n) is 7.93. The van der Waals surface area contributed by atoms with Crippen molar-refractivity contribution in [3.63, 3.8) is 0 Å². The average Bonchev–Trinajstić information content (AvgIpc) is 3.22. The molecule has 0 fully saturated rings. The number of aromatic nitrogens is 3. The summed E-state index contributed by atoms with van der Waals surface area (Å²) in [7, 11) is 0. The Morgan fingerprint density at radius 1 is 1.42 bits per heavy atom. The summed E-state index contributed by atoms with van der Waals surface area (Å²) < 4.78 is 1.95. The fourth-order valence-electron chi connectivity index (χ4n) is 2.93. The van der Waals surface area contributed by atoms with Crippen LogP contribution in [-0.4, -0.2) is 26.8 Å². The molecule has 0 atom stereocenters. The van der Waals surface area contributed by atoms with Crippen molar-refractivity contribution in [2.75, 3.05) is 6.54 Å². The van der Waals surface area contributed by atoms with Gasteiger partial charge in [0.25, 0.3) is 0 Å². The Morgan fingerprint density at radius 3 is 3.21 bits per heavy atom. The minimum Gasteiger partial charge on any atom is -0.361 e. The van der Waals surface area contributed by atoms with E-state index < -0.39 is 0 Å². The number of carbonyl (C=O) groups is 1. The predicted molar refractivity (Wildman–Crippen MR) is 96.5 cm³/mol. The van der Waals surface area contributed by atoms with Gasteiger partial charge >= 0.3 is 0 Å². The van der Waals surface area contributed by atoms with Crippen molar-refractivity contribution < 1.29 is 4.79 Å². The maximum Gasteiger partial charge on any atom is 0.226 e. The summed E-state index contributed by atoms with van der Waals surface area (Å²) in [5, 5.41) is 6.19. The van der Waals surface area contributed by atoms with Crippen LogP contribution in [0.1, 0.15) is 16.8 Å². The van der Waals surface area contributed by atoms with Gasteiger partial charge in [-0.25, -0.2) is 4.98 Å². The number of aromatic amines is 1. The molecule has 0 bridgehead atoms. The second-order valence-corrected chi connectivity index (χ2v) is 6.84. The van der Waals surface area contributed by atoms with E-state index in [-0.39, 0.29) is 5.91 Å². The van der Waals surface area contributed by atoms with Crippen LogP contribution in [0.15, 0.2) is 42.2 Å². The number of thiazole rings is 1. The van der Waals surface area contributed by atoms with Crippen LogP contribution in [-0.2, 0) is 17.6 Å². The van der Waals surface area contributed by atoms with Crippen molar-refractivity contribution in [1.82, 2.24) is 19.7 Å². The van der Waals surface area contributed by atoms with Crippen molar-refractivity contribution in [3.8, 4) is 0 Å². The number of hydrogen-bond acceptors (Lipinski definition) is 3. The van der Waals surface area contributed by atoms with Crippen molar-refractivity contribution >= 4 is 33.1 Å². The standard InChI is InChI=1S/C18H18N4OS/c1-12-2-3-15-13(10-20-16(15)8-12)4-5-19-17(23)9-14-11-22-6-7-24-18(22)21-14/h2-3,6-8,10-11,20H,4-5,9H2,1H3,(H,19,23). The molecule has 0 unspecified atom stereocenters. The molecule has 4 rings (SSSR count). The lowest BCUT2D eigenvalue weighted by molar-refractivity contribution is -0.120.